The normalized spacial score (nSPS) is 11.5. The lowest BCUT2D eigenvalue weighted by molar-refractivity contribution is -0.141. The maximum Gasteiger partial charge on any atom is 0.325 e. The van der Waals surface area contributed by atoms with Crippen molar-refractivity contribution in [3.05, 3.63) is 51.8 Å². The third kappa shape index (κ3) is 3.74. The monoisotopic (exact) mass is 420 g/mol. The zero-order valence-electron chi connectivity index (χ0n) is 15.4. The molecule has 1 aromatic heterocycles. The van der Waals surface area contributed by atoms with Crippen molar-refractivity contribution < 1.29 is 23.8 Å². The molecule has 0 unspecified atom stereocenters. The fourth-order valence-corrected chi connectivity index (χ4v) is 4.10. The molecule has 0 fully saturated rings. The van der Waals surface area contributed by atoms with Gasteiger partial charge in [-0.15, -0.1) is 0 Å². The number of fused-ring (bicyclic) bond motifs is 1. The lowest BCUT2D eigenvalue weighted by Gasteiger charge is -2.09. The number of thiazole rings is 1. The van der Waals surface area contributed by atoms with E-state index < -0.39 is 11.9 Å². The van der Waals surface area contributed by atoms with Gasteiger partial charge < -0.3 is 18.8 Å². The van der Waals surface area contributed by atoms with Crippen molar-refractivity contribution in [1.82, 2.24) is 4.57 Å². The lowest BCUT2D eigenvalue weighted by atomic mass is 10.1. The van der Waals surface area contributed by atoms with Gasteiger partial charge in [0.1, 0.15) is 23.6 Å². The van der Waals surface area contributed by atoms with E-state index in [-0.39, 0.29) is 12.1 Å². The van der Waals surface area contributed by atoms with Crippen molar-refractivity contribution in [3.63, 3.8) is 0 Å². The van der Waals surface area contributed by atoms with Crippen LogP contribution in [-0.2, 0) is 16.1 Å². The topological polar surface area (TPSA) is 79.1 Å². The van der Waals surface area contributed by atoms with Crippen LogP contribution in [0.15, 0.2) is 41.4 Å². The minimum absolute atomic E-state index is 0.130. The van der Waals surface area contributed by atoms with Gasteiger partial charge in [0.2, 0.25) is 0 Å². The first kappa shape index (κ1) is 19.9. The van der Waals surface area contributed by atoms with Gasteiger partial charge >= 0.3 is 5.97 Å². The minimum Gasteiger partial charge on any atom is -0.496 e. The number of halogens is 1. The van der Waals surface area contributed by atoms with Gasteiger partial charge in [-0.25, -0.2) is 0 Å². The van der Waals surface area contributed by atoms with Crippen molar-refractivity contribution in [2.75, 3.05) is 21.3 Å². The third-order valence-electron chi connectivity index (χ3n) is 4.01. The highest BCUT2D eigenvalue weighted by Gasteiger charge is 2.19. The van der Waals surface area contributed by atoms with Crippen LogP contribution in [-0.4, -0.2) is 37.8 Å². The number of hydrogen-bond acceptors (Lipinski definition) is 6. The minimum atomic E-state index is -0.560. The standard InChI is InChI=1S/C19H17ClN2O5S/c1-25-12-7-5-8-13(26-2)16(12)18(24)21-19-22(10-15(23)27-3)17-11(20)6-4-9-14(17)28-19/h4-9H,10H2,1-3H3. The van der Waals surface area contributed by atoms with Crippen LogP contribution in [0.4, 0.5) is 0 Å². The number of rotatable bonds is 5. The second-order valence-electron chi connectivity index (χ2n) is 5.59. The van der Waals surface area contributed by atoms with Crippen molar-refractivity contribution in [1.29, 1.82) is 0 Å². The highest BCUT2D eigenvalue weighted by atomic mass is 35.5. The summed E-state index contributed by atoms with van der Waals surface area (Å²) in [6, 6.07) is 10.3. The van der Waals surface area contributed by atoms with E-state index in [1.54, 1.807) is 34.9 Å². The molecule has 0 bridgehead atoms. The number of ether oxygens (including phenoxy) is 3. The quantitative estimate of drug-likeness (QED) is 0.592. The Kier molecular flexibility index (Phi) is 6.01. The van der Waals surface area contributed by atoms with E-state index in [1.165, 1.54) is 32.7 Å². The average molecular weight is 421 g/mol. The van der Waals surface area contributed by atoms with E-state index in [0.717, 1.165) is 4.70 Å². The average Bonchev–Trinajstić information content (AvgIpc) is 3.05. The fraction of sp³-hybridized carbons (Fsp3) is 0.211. The molecule has 0 aliphatic carbocycles. The van der Waals surface area contributed by atoms with E-state index in [1.807, 2.05) is 6.07 Å². The molecule has 0 saturated carbocycles. The summed E-state index contributed by atoms with van der Waals surface area (Å²) in [7, 11) is 4.21. The lowest BCUT2D eigenvalue weighted by Crippen LogP contribution is -2.22. The summed E-state index contributed by atoms with van der Waals surface area (Å²) in [5, 5.41) is 0.446. The van der Waals surface area contributed by atoms with Crippen molar-refractivity contribution in [2.24, 2.45) is 4.99 Å². The molecule has 0 N–H and O–H groups in total. The molecule has 0 atom stereocenters. The van der Waals surface area contributed by atoms with Crippen molar-refractivity contribution in [3.8, 4) is 11.5 Å². The second kappa shape index (κ2) is 8.45. The molecule has 0 radical (unpaired) electrons. The van der Waals surface area contributed by atoms with Gasteiger partial charge in [0.25, 0.3) is 5.91 Å². The number of esters is 1. The van der Waals surface area contributed by atoms with Gasteiger partial charge in [-0.05, 0) is 24.3 Å². The van der Waals surface area contributed by atoms with Crippen molar-refractivity contribution >= 4 is 45.0 Å². The summed E-state index contributed by atoms with van der Waals surface area (Å²) >= 11 is 7.56. The smallest absolute Gasteiger partial charge is 0.325 e. The van der Waals surface area contributed by atoms with Crippen LogP contribution in [0.2, 0.25) is 5.02 Å². The molecule has 1 amide bonds. The zero-order valence-corrected chi connectivity index (χ0v) is 17.0. The van der Waals surface area contributed by atoms with Gasteiger partial charge in [0.15, 0.2) is 4.80 Å². The van der Waals surface area contributed by atoms with Crippen molar-refractivity contribution in [2.45, 2.75) is 6.54 Å². The van der Waals surface area contributed by atoms with E-state index >= 15 is 0 Å². The first-order valence-electron chi connectivity index (χ1n) is 8.14. The molecular weight excluding hydrogens is 404 g/mol. The Morgan fingerprint density at radius 3 is 2.32 bits per heavy atom. The largest absolute Gasteiger partial charge is 0.496 e. The molecule has 0 aliphatic rings. The highest BCUT2D eigenvalue weighted by molar-refractivity contribution is 7.16. The molecule has 9 heteroatoms. The Balaban J connectivity index is 2.22. The molecule has 0 saturated heterocycles. The number of nitrogens with zero attached hydrogens (tertiary/aromatic N) is 2. The van der Waals surface area contributed by atoms with Gasteiger partial charge in [-0.2, -0.15) is 4.99 Å². The highest BCUT2D eigenvalue weighted by Crippen LogP contribution is 2.29. The number of benzene rings is 2. The number of para-hydroxylation sites is 1. The zero-order chi connectivity index (χ0) is 20.3. The predicted molar refractivity (Wildman–Crippen MR) is 106 cm³/mol. The second-order valence-corrected chi connectivity index (χ2v) is 7.00. The molecule has 0 spiro atoms. The van der Waals surface area contributed by atoms with E-state index in [0.29, 0.717) is 26.8 Å². The first-order valence-corrected chi connectivity index (χ1v) is 9.34. The van der Waals surface area contributed by atoms with Crippen LogP contribution in [0.25, 0.3) is 10.2 Å². The first-order chi connectivity index (χ1) is 13.5. The molecule has 28 heavy (non-hydrogen) atoms. The summed E-state index contributed by atoms with van der Waals surface area (Å²) in [6.45, 7) is -0.130. The molecule has 1 heterocycles. The Bertz CT molecular complexity index is 1100. The Labute approximate surface area is 169 Å². The predicted octanol–water partition coefficient (Wildman–Crippen LogP) is 3.29. The number of amides is 1. The van der Waals surface area contributed by atoms with Crippen LogP contribution >= 0.6 is 22.9 Å². The van der Waals surface area contributed by atoms with Crippen LogP contribution in [0, 0.1) is 0 Å². The fourth-order valence-electron chi connectivity index (χ4n) is 2.72. The van der Waals surface area contributed by atoms with Gasteiger partial charge in [0, 0.05) is 0 Å². The van der Waals surface area contributed by atoms with E-state index in [2.05, 4.69) is 4.99 Å². The number of carbonyl (C=O) groups is 2. The molecule has 3 rings (SSSR count). The molecule has 2 aromatic carbocycles. The van der Waals surface area contributed by atoms with E-state index in [9.17, 15) is 9.59 Å². The number of methoxy groups -OCH3 is 3. The molecule has 7 nitrogen and oxygen atoms in total. The SMILES string of the molecule is COC(=O)Cn1c(=NC(=O)c2c(OC)cccc2OC)sc2cccc(Cl)c21. The van der Waals surface area contributed by atoms with Crippen LogP contribution in [0.1, 0.15) is 10.4 Å². The van der Waals surface area contributed by atoms with Gasteiger partial charge in [0.05, 0.1) is 36.6 Å². The third-order valence-corrected chi connectivity index (χ3v) is 5.35. The molecule has 3 aromatic rings. The van der Waals surface area contributed by atoms with Crippen LogP contribution < -0.4 is 14.3 Å². The summed E-state index contributed by atoms with van der Waals surface area (Å²) in [6.07, 6.45) is 0. The summed E-state index contributed by atoms with van der Waals surface area (Å²) < 4.78 is 17.7. The van der Waals surface area contributed by atoms with Gasteiger partial charge in [-0.3, -0.25) is 9.59 Å². The Hall–Kier alpha value is -2.84. The number of aromatic nitrogens is 1. The van der Waals surface area contributed by atoms with Crippen LogP contribution in [0.3, 0.4) is 0 Å². The van der Waals surface area contributed by atoms with Crippen LogP contribution in [0.5, 0.6) is 11.5 Å². The van der Waals surface area contributed by atoms with Gasteiger partial charge in [-0.1, -0.05) is 35.1 Å². The van der Waals surface area contributed by atoms with E-state index in [4.69, 9.17) is 25.8 Å². The molecule has 0 aliphatic heterocycles. The Morgan fingerprint density at radius 2 is 1.71 bits per heavy atom. The molecule has 146 valence electrons. The maximum atomic E-state index is 13.0. The summed E-state index contributed by atoms with van der Waals surface area (Å²) in [4.78, 5) is 29.4. The maximum absolute atomic E-state index is 13.0. The summed E-state index contributed by atoms with van der Waals surface area (Å²) in [5.41, 5.74) is 0.804. The summed E-state index contributed by atoms with van der Waals surface area (Å²) in [5.74, 6) is -0.363. The number of hydrogen-bond donors (Lipinski definition) is 0. The molecular formula is C19H17ClN2O5S. The Morgan fingerprint density at radius 1 is 1.07 bits per heavy atom. The number of carbonyl (C=O) groups excluding carboxylic acids is 2.